The third kappa shape index (κ3) is 3.86. The van der Waals surface area contributed by atoms with Crippen molar-refractivity contribution in [3.8, 4) is 0 Å². The molecule has 18 heavy (non-hydrogen) atoms. The van der Waals surface area contributed by atoms with Gasteiger partial charge in [-0.15, -0.1) is 0 Å². The van der Waals surface area contributed by atoms with Gasteiger partial charge in [-0.2, -0.15) is 0 Å². The van der Waals surface area contributed by atoms with Crippen molar-refractivity contribution in [3.05, 3.63) is 54.1 Å². The number of rotatable bonds is 3. The second kappa shape index (κ2) is 6.77. The van der Waals surface area contributed by atoms with Crippen molar-refractivity contribution < 1.29 is 9.53 Å². The van der Waals surface area contributed by atoms with E-state index in [2.05, 4.69) is 0 Å². The van der Waals surface area contributed by atoms with E-state index in [1.54, 1.807) is 17.1 Å². The Bertz CT molecular complexity index is 431. The van der Waals surface area contributed by atoms with Gasteiger partial charge < -0.3 is 9.64 Å². The Morgan fingerprint density at radius 1 is 1.11 bits per heavy atom. The highest BCUT2D eigenvalue weighted by Gasteiger charge is 2.13. The largest absolute Gasteiger partial charge is 0.378 e. The molecular weight excluding hydrogens is 226 g/mol. The van der Waals surface area contributed by atoms with E-state index in [0.29, 0.717) is 26.3 Å². The quantitative estimate of drug-likeness (QED) is 0.601. The molecule has 1 aliphatic heterocycles. The van der Waals surface area contributed by atoms with Crippen molar-refractivity contribution >= 4 is 12.0 Å². The highest BCUT2D eigenvalue weighted by Crippen LogP contribution is 2.02. The molecule has 3 nitrogen and oxygen atoms in total. The summed E-state index contributed by atoms with van der Waals surface area (Å²) < 4.78 is 5.20. The summed E-state index contributed by atoms with van der Waals surface area (Å²) in [5.74, 6) is 0.0519. The van der Waals surface area contributed by atoms with E-state index in [9.17, 15) is 4.79 Å². The summed E-state index contributed by atoms with van der Waals surface area (Å²) in [6.45, 7) is 2.65. The topological polar surface area (TPSA) is 29.5 Å². The predicted molar refractivity (Wildman–Crippen MR) is 72.0 cm³/mol. The lowest BCUT2D eigenvalue weighted by Gasteiger charge is -2.25. The standard InChI is InChI=1S/C15H17NO2/c17-15(16-10-12-18-13-11-16)9-5-4-8-14-6-2-1-3-7-14/h1-9H,10-13H2/b8-4+,9-5-. The maximum Gasteiger partial charge on any atom is 0.246 e. The first-order chi connectivity index (χ1) is 8.86. The predicted octanol–water partition coefficient (Wildman–Crippen LogP) is 2.11. The lowest BCUT2D eigenvalue weighted by molar-refractivity contribution is -0.129. The van der Waals surface area contributed by atoms with Gasteiger partial charge in [0.15, 0.2) is 0 Å². The molecule has 0 saturated carbocycles. The first-order valence-electron chi connectivity index (χ1n) is 6.13. The second-order valence-electron chi connectivity index (χ2n) is 4.07. The number of benzene rings is 1. The summed E-state index contributed by atoms with van der Waals surface area (Å²) in [6, 6.07) is 10.0. The molecule has 1 fully saturated rings. The number of carbonyl (C=O) groups is 1. The number of ether oxygens (including phenoxy) is 1. The van der Waals surface area contributed by atoms with Gasteiger partial charge in [-0.3, -0.25) is 4.79 Å². The van der Waals surface area contributed by atoms with Gasteiger partial charge in [0.25, 0.3) is 0 Å². The van der Waals surface area contributed by atoms with Gasteiger partial charge in [0.1, 0.15) is 0 Å². The van der Waals surface area contributed by atoms with E-state index in [1.807, 2.05) is 42.5 Å². The normalized spacial score (nSPS) is 16.6. The molecule has 1 amide bonds. The first kappa shape index (κ1) is 12.6. The van der Waals surface area contributed by atoms with Crippen molar-refractivity contribution in [1.29, 1.82) is 0 Å². The fourth-order valence-corrected chi connectivity index (χ4v) is 1.76. The van der Waals surface area contributed by atoms with E-state index >= 15 is 0 Å². The molecule has 0 radical (unpaired) electrons. The molecule has 1 heterocycles. The van der Waals surface area contributed by atoms with Crippen LogP contribution in [0.5, 0.6) is 0 Å². The highest BCUT2D eigenvalue weighted by molar-refractivity contribution is 5.88. The zero-order valence-electron chi connectivity index (χ0n) is 10.3. The smallest absolute Gasteiger partial charge is 0.246 e. The van der Waals surface area contributed by atoms with Crippen molar-refractivity contribution in [2.24, 2.45) is 0 Å². The maximum absolute atomic E-state index is 11.8. The monoisotopic (exact) mass is 243 g/mol. The van der Waals surface area contributed by atoms with Crippen molar-refractivity contribution in [2.75, 3.05) is 26.3 Å². The Labute approximate surface area is 107 Å². The highest BCUT2D eigenvalue weighted by atomic mass is 16.5. The molecule has 1 saturated heterocycles. The molecule has 1 aromatic rings. The first-order valence-corrected chi connectivity index (χ1v) is 6.13. The number of allylic oxidation sites excluding steroid dienone is 2. The number of hydrogen-bond donors (Lipinski definition) is 0. The van der Waals surface area contributed by atoms with Crippen LogP contribution in [0.15, 0.2) is 48.6 Å². The van der Waals surface area contributed by atoms with Crippen LogP contribution in [0.25, 0.3) is 6.08 Å². The van der Waals surface area contributed by atoms with Crippen LogP contribution in [0.3, 0.4) is 0 Å². The molecule has 0 bridgehead atoms. The average molecular weight is 243 g/mol. The Balaban J connectivity index is 1.83. The van der Waals surface area contributed by atoms with Crippen LogP contribution in [-0.4, -0.2) is 37.1 Å². The minimum Gasteiger partial charge on any atom is -0.378 e. The van der Waals surface area contributed by atoms with Crippen LogP contribution in [0, 0.1) is 0 Å². The zero-order chi connectivity index (χ0) is 12.6. The molecule has 3 heteroatoms. The molecule has 1 aromatic carbocycles. The molecule has 0 atom stereocenters. The summed E-state index contributed by atoms with van der Waals surface area (Å²) in [4.78, 5) is 13.6. The van der Waals surface area contributed by atoms with Crippen LogP contribution in [0.2, 0.25) is 0 Å². The Kier molecular flexibility index (Phi) is 4.73. The number of hydrogen-bond acceptors (Lipinski definition) is 2. The van der Waals surface area contributed by atoms with Gasteiger partial charge in [0, 0.05) is 19.2 Å². The Morgan fingerprint density at radius 3 is 2.56 bits per heavy atom. The van der Waals surface area contributed by atoms with Crippen molar-refractivity contribution in [1.82, 2.24) is 4.90 Å². The number of amides is 1. The second-order valence-corrected chi connectivity index (χ2v) is 4.07. The summed E-state index contributed by atoms with van der Waals surface area (Å²) in [5.41, 5.74) is 1.13. The van der Waals surface area contributed by atoms with Crippen LogP contribution < -0.4 is 0 Å². The Morgan fingerprint density at radius 2 is 1.83 bits per heavy atom. The van der Waals surface area contributed by atoms with Gasteiger partial charge in [-0.25, -0.2) is 0 Å². The van der Waals surface area contributed by atoms with Crippen molar-refractivity contribution in [2.45, 2.75) is 0 Å². The minimum absolute atomic E-state index is 0.0519. The molecule has 0 N–H and O–H groups in total. The van der Waals surface area contributed by atoms with Gasteiger partial charge in [0.2, 0.25) is 5.91 Å². The third-order valence-corrected chi connectivity index (χ3v) is 2.76. The molecular formula is C15H17NO2. The molecule has 0 spiro atoms. The fourth-order valence-electron chi connectivity index (χ4n) is 1.76. The lowest BCUT2D eigenvalue weighted by Crippen LogP contribution is -2.39. The minimum atomic E-state index is 0.0519. The van der Waals surface area contributed by atoms with E-state index in [4.69, 9.17) is 4.74 Å². The number of nitrogens with zero attached hydrogens (tertiary/aromatic N) is 1. The van der Waals surface area contributed by atoms with Crippen LogP contribution in [0.1, 0.15) is 5.56 Å². The lowest BCUT2D eigenvalue weighted by atomic mass is 10.2. The van der Waals surface area contributed by atoms with E-state index in [-0.39, 0.29) is 5.91 Å². The fraction of sp³-hybridized carbons (Fsp3) is 0.267. The van der Waals surface area contributed by atoms with Gasteiger partial charge in [-0.05, 0) is 5.56 Å². The molecule has 0 aromatic heterocycles. The molecule has 0 unspecified atom stereocenters. The third-order valence-electron chi connectivity index (χ3n) is 2.76. The summed E-state index contributed by atoms with van der Waals surface area (Å²) >= 11 is 0. The van der Waals surface area contributed by atoms with E-state index in [0.717, 1.165) is 5.56 Å². The van der Waals surface area contributed by atoms with Crippen molar-refractivity contribution in [3.63, 3.8) is 0 Å². The molecule has 0 aliphatic carbocycles. The van der Waals surface area contributed by atoms with Crippen LogP contribution in [-0.2, 0) is 9.53 Å². The van der Waals surface area contributed by atoms with Gasteiger partial charge in [0.05, 0.1) is 13.2 Å². The van der Waals surface area contributed by atoms with Crippen LogP contribution >= 0.6 is 0 Å². The maximum atomic E-state index is 11.8. The average Bonchev–Trinajstić information content (AvgIpc) is 2.45. The molecule has 1 aliphatic rings. The van der Waals surface area contributed by atoms with Crippen LogP contribution in [0.4, 0.5) is 0 Å². The molecule has 94 valence electrons. The SMILES string of the molecule is O=C(/C=C\C=C\c1ccccc1)N1CCOCC1. The summed E-state index contributed by atoms with van der Waals surface area (Å²) in [6.07, 6.45) is 7.24. The summed E-state index contributed by atoms with van der Waals surface area (Å²) in [5, 5.41) is 0. The van der Waals surface area contributed by atoms with Gasteiger partial charge in [-0.1, -0.05) is 48.6 Å². The van der Waals surface area contributed by atoms with E-state index in [1.165, 1.54) is 0 Å². The van der Waals surface area contributed by atoms with Gasteiger partial charge >= 0.3 is 0 Å². The van der Waals surface area contributed by atoms with E-state index < -0.39 is 0 Å². The Hall–Kier alpha value is -1.87. The number of morpholine rings is 1. The zero-order valence-corrected chi connectivity index (χ0v) is 10.3. The number of carbonyl (C=O) groups excluding carboxylic acids is 1. The summed E-state index contributed by atoms with van der Waals surface area (Å²) in [7, 11) is 0. The molecule has 2 rings (SSSR count).